The Morgan fingerprint density at radius 3 is 2.38 bits per heavy atom. The quantitative estimate of drug-likeness (QED) is 0.891. The fourth-order valence-corrected chi connectivity index (χ4v) is 2.87. The number of carbonyl (C=O) groups excluding carboxylic acids is 1. The van der Waals surface area contributed by atoms with Gasteiger partial charge in [-0.05, 0) is 25.5 Å². The molecule has 1 N–H and O–H groups in total. The number of aromatic nitrogens is 2. The zero-order valence-corrected chi connectivity index (χ0v) is 15.2. The van der Waals surface area contributed by atoms with E-state index in [4.69, 9.17) is 0 Å². The molecule has 26 heavy (non-hydrogen) atoms. The number of hydrogen-bond donors (Lipinski definition) is 1. The van der Waals surface area contributed by atoms with E-state index in [2.05, 4.69) is 15.3 Å². The molecule has 7 heteroatoms. The molecule has 0 bridgehead atoms. The molecule has 1 unspecified atom stereocenters. The van der Waals surface area contributed by atoms with Crippen molar-refractivity contribution in [3.05, 3.63) is 48.0 Å². The number of nitrogens with one attached hydrogen (secondary N) is 1. The maximum Gasteiger partial charge on any atom is 0.254 e. The van der Waals surface area contributed by atoms with Crippen LogP contribution >= 0.6 is 0 Å². The van der Waals surface area contributed by atoms with Gasteiger partial charge in [0, 0.05) is 44.6 Å². The number of piperazine rings is 1. The highest BCUT2D eigenvalue weighted by Crippen LogP contribution is 2.21. The smallest absolute Gasteiger partial charge is 0.254 e. The molecule has 1 amide bonds. The van der Waals surface area contributed by atoms with Gasteiger partial charge in [0.1, 0.15) is 5.82 Å². The van der Waals surface area contributed by atoms with Crippen molar-refractivity contribution in [2.75, 3.05) is 36.0 Å². The van der Waals surface area contributed by atoms with Gasteiger partial charge in [-0.15, -0.1) is 0 Å². The average Bonchev–Trinajstić information content (AvgIpc) is 2.68. The van der Waals surface area contributed by atoms with Gasteiger partial charge < -0.3 is 15.1 Å². The normalized spacial score (nSPS) is 15.7. The van der Waals surface area contributed by atoms with Crippen molar-refractivity contribution >= 4 is 17.5 Å². The maximum atomic E-state index is 13.9. The predicted octanol–water partition coefficient (Wildman–Crippen LogP) is 2.47. The predicted molar refractivity (Wildman–Crippen MR) is 100 cm³/mol. The van der Waals surface area contributed by atoms with E-state index < -0.39 is 0 Å². The molecule has 0 radical (unpaired) electrons. The van der Waals surface area contributed by atoms with Gasteiger partial charge in [0.15, 0.2) is 0 Å². The first-order valence-corrected chi connectivity index (χ1v) is 8.95. The van der Waals surface area contributed by atoms with Crippen molar-refractivity contribution in [1.82, 2.24) is 15.3 Å². The van der Waals surface area contributed by atoms with E-state index in [1.807, 2.05) is 29.7 Å². The standard InChI is InChI=1S/C19H24FN5O/c1-3-14(2)23-18(26)15-12-21-19(22-13-15)25-10-8-24(9-11-25)17-7-5-4-6-16(17)20/h4-7,12-14H,3,8-11H2,1-2H3,(H,23,26). The van der Waals surface area contributed by atoms with Crippen LogP contribution in [0.5, 0.6) is 0 Å². The number of amides is 1. The number of rotatable bonds is 5. The number of anilines is 2. The van der Waals surface area contributed by atoms with Gasteiger partial charge in [0.05, 0.1) is 11.3 Å². The van der Waals surface area contributed by atoms with E-state index in [9.17, 15) is 9.18 Å². The number of para-hydroxylation sites is 1. The first kappa shape index (κ1) is 18.1. The zero-order valence-electron chi connectivity index (χ0n) is 15.2. The van der Waals surface area contributed by atoms with Crippen LogP contribution in [-0.2, 0) is 0 Å². The van der Waals surface area contributed by atoms with Crippen LogP contribution in [0.4, 0.5) is 16.0 Å². The molecular weight excluding hydrogens is 333 g/mol. The van der Waals surface area contributed by atoms with Crippen LogP contribution in [0.3, 0.4) is 0 Å². The first-order chi connectivity index (χ1) is 12.6. The highest BCUT2D eigenvalue weighted by atomic mass is 19.1. The molecule has 1 atom stereocenters. The van der Waals surface area contributed by atoms with Crippen LogP contribution in [0.15, 0.2) is 36.7 Å². The summed E-state index contributed by atoms with van der Waals surface area (Å²) >= 11 is 0. The molecular formula is C19H24FN5O. The van der Waals surface area contributed by atoms with E-state index in [0.29, 0.717) is 43.4 Å². The molecule has 2 heterocycles. The van der Waals surface area contributed by atoms with E-state index >= 15 is 0 Å². The number of carbonyl (C=O) groups is 1. The van der Waals surface area contributed by atoms with Gasteiger partial charge in [-0.3, -0.25) is 4.79 Å². The van der Waals surface area contributed by atoms with E-state index in [1.165, 1.54) is 6.07 Å². The Balaban J connectivity index is 1.60. The van der Waals surface area contributed by atoms with E-state index in [-0.39, 0.29) is 17.8 Å². The SMILES string of the molecule is CCC(C)NC(=O)c1cnc(N2CCN(c3ccccc3F)CC2)nc1. The Bertz CT molecular complexity index is 744. The minimum Gasteiger partial charge on any atom is -0.366 e. The Morgan fingerprint density at radius 1 is 1.15 bits per heavy atom. The largest absolute Gasteiger partial charge is 0.366 e. The number of nitrogens with zero attached hydrogens (tertiary/aromatic N) is 4. The van der Waals surface area contributed by atoms with Gasteiger partial charge in [-0.2, -0.15) is 0 Å². The molecule has 0 aliphatic carbocycles. The molecule has 1 aliphatic heterocycles. The molecule has 1 aliphatic rings. The third-order valence-corrected chi connectivity index (χ3v) is 4.65. The lowest BCUT2D eigenvalue weighted by molar-refractivity contribution is 0.0938. The van der Waals surface area contributed by atoms with Crippen LogP contribution in [0, 0.1) is 5.82 Å². The van der Waals surface area contributed by atoms with Crippen molar-refractivity contribution < 1.29 is 9.18 Å². The minimum absolute atomic E-state index is 0.119. The lowest BCUT2D eigenvalue weighted by atomic mass is 10.2. The summed E-state index contributed by atoms with van der Waals surface area (Å²) < 4.78 is 13.9. The fourth-order valence-electron chi connectivity index (χ4n) is 2.87. The zero-order chi connectivity index (χ0) is 18.5. The lowest BCUT2D eigenvalue weighted by Crippen LogP contribution is -2.47. The lowest BCUT2D eigenvalue weighted by Gasteiger charge is -2.36. The van der Waals surface area contributed by atoms with Crippen LogP contribution in [0.2, 0.25) is 0 Å². The summed E-state index contributed by atoms with van der Waals surface area (Å²) in [5.41, 5.74) is 1.09. The second-order valence-electron chi connectivity index (χ2n) is 6.48. The van der Waals surface area contributed by atoms with Gasteiger partial charge in [-0.25, -0.2) is 14.4 Å². The molecule has 0 saturated carbocycles. The number of benzene rings is 1. The topological polar surface area (TPSA) is 61.4 Å². The summed E-state index contributed by atoms with van der Waals surface area (Å²) in [6, 6.07) is 6.94. The molecule has 1 saturated heterocycles. The van der Waals surface area contributed by atoms with Crippen LogP contribution in [0.25, 0.3) is 0 Å². The third-order valence-electron chi connectivity index (χ3n) is 4.65. The second-order valence-corrected chi connectivity index (χ2v) is 6.48. The van der Waals surface area contributed by atoms with Crippen molar-refractivity contribution in [3.63, 3.8) is 0 Å². The van der Waals surface area contributed by atoms with Crippen molar-refractivity contribution in [2.24, 2.45) is 0 Å². The molecule has 1 aromatic carbocycles. The summed E-state index contributed by atoms with van der Waals surface area (Å²) in [6.07, 6.45) is 3.99. The van der Waals surface area contributed by atoms with Crippen LogP contribution < -0.4 is 15.1 Å². The molecule has 6 nitrogen and oxygen atoms in total. The van der Waals surface area contributed by atoms with Gasteiger partial charge in [0.2, 0.25) is 5.95 Å². The van der Waals surface area contributed by atoms with Gasteiger partial charge in [0.25, 0.3) is 5.91 Å². The summed E-state index contributed by atoms with van der Waals surface area (Å²) in [7, 11) is 0. The Labute approximate surface area is 153 Å². The summed E-state index contributed by atoms with van der Waals surface area (Å²) in [4.78, 5) is 24.8. The molecule has 1 aromatic heterocycles. The summed E-state index contributed by atoms with van der Waals surface area (Å²) in [6.45, 7) is 6.77. The molecule has 3 rings (SSSR count). The average molecular weight is 357 g/mol. The Morgan fingerprint density at radius 2 is 1.77 bits per heavy atom. The second kappa shape index (κ2) is 8.12. The van der Waals surface area contributed by atoms with Crippen LogP contribution in [-0.4, -0.2) is 48.1 Å². The molecule has 1 fully saturated rings. The number of halogens is 1. The molecule has 138 valence electrons. The Kier molecular flexibility index (Phi) is 5.65. The highest BCUT2D eigenvalue weighted by molar-refractivity contribution is 5.93. The van der Waals surface area contributed by atoms with Crippen LogP contribution in [0.1, 0.15) is 30.6 Å². The summed E-state index contributed by atoms with van der Waals surface area (Å²) in [5.74, 6) is 0.238. The Hall–Kier alpha value is -2.70. The van der Waals surface area contributed by atoms with Crippen molar-refractivity contribution in [3.8, 4) is 0 Å². The number of hydrogen-bond acceptors (Lipinski definition) is 5. The van der Waals surface area contributed by atoms with E-state index in [1.54, 1.807) is 24.5 Å². The maximum absolute atomic E-state index is 13.9. The third kappa shape index (κ3) is 4.09. The van der Waals surface area contributed by atoms with Gasteiger partial charge in [-0.1, -0.05) is 19.1 Å². The summed E-state index contributed by atoms with van der Waals surface area (Å²) in [5, 5.41) is 2.90. The fraction of sp³-hybridized carbons (Fsp3) is 0.421. The minimum atomic E-state index is -0.200. The first-order valence-electron chi connectivity index (χ1n) is 8.95. The highest BCUT2D eigenvalue weighted by Gasteiger charge is 2.21. The molecule has 0 spiro atoms. The van der Waals surface area contributed by atoms with E-state index in [0.717, 1.165) is 6.42 Å². The van der Waals surface area contributed by atoms with Crippen molar-refractivity contribution in [2.45, 2.75) is 26.3 Å². The van der Waals surface area contributed by atoms with Crippen molar-refractivity contribution in [1.29, 1.82) is 0 Å². The monoisotopic (exact) mass is 357 g/mol. The van der Waals surface area contributed by atoms with Gasteiger partial charge >= 0.3 is 0 Å². The molecule has 2 aromatic rings.